The van der Waals surface area contributed by atoms with Crippen molar-refractivity contribution < 1.29 is 20.6 Å². The van der Waals surface area contributed by atoms with Gasteiger partial charge in [-0.2, -0.15) is 0 Å². The molecule has 0 aromatic rings. The van der Waals surface area contributed by atoms with Gasteiger partial charge in [0.1, 0.15) is 0 Å². The summed E-state index contributed by atoms with van der Waals surface area (Å²) in [6, 6.07) is 0. The maximum atomic E-state index is 6.43. The van der Waals surface area contributed by atoms with Gasteiger partial charge in [-0.15, -0.1) is 0 Å². The fourth-order valence-electron chi connectivity index (χ4n) is 2.78. The summed E-state index contributed by atoms with van der Waals surface area (Å²) in [5, 5.41) is 0. The highest BCUT2D eigenvalue weighted by molar-refractivity contribution is 6.89. The van der Waals surface area contributed by atoms with Crippen LogP contribution in [0.5, 0.6) is 0 Å². The quantitative estimate of drug-likeness (QED) is 0.446. The highest BCUT2D eigenvalue weighted by Crippen LogP contribution is 2.24. The van der Waals surface area contributed by atoms with E-state index < -0.39 is 51.6 Å². The van der Waals surface area contributed by atoms with Crippen molar-refractivity contribution in [3.63, 3.8) is 0 Å². The van der Waals surface area contributed by atoms with Crippen molar-refractivity contribution in [2.24, 2.45) is 0 Å². The molecule has 0 fully saturated rings. The van der Waals surface area contributed by atoms with Crippen LogP contribution in [0.4, 0.5) is 0 Å². The minimum atomic E-state index is -2.33. The second-order valence-corrected chi connectivity index (χ2v) is 31.3. The zero-order valence-corrected chi connectivity index (χ0v) is 24.0. The summed E-state index contributed by atoms with van der Waals surface area (Å²) < 4.78 is 31.5. The first-order valence-corrected chi connectivity index (χ1v) is 25.6. The molecule has 5 nitrogen and oxygen atoms in total. The van der Waals surface area contributed by atoms with Crippen molar-refractivity contribution in [3.05, 3.63) is 0 Å². The van der Waals surface area contributed by atoms with E-state index in [1.54, 1.807) is 0 Å². The van der Waals surface area contributed by atoms with Crippen LogP contribution in [0.2, 0.25) is 85.1 Å². The molecule has 0 rings (SSSR count). The SMILES string of the molecule is C[Si](O[Si](C)(C)C)O[Si](C)(C)O[Si](C)(C)O[Si](C)(C)O[Si](C)(C)C. The molecule has 0 bridgehead atoms. The summed E-state index contributed by atoms with van der Waals surface area (Å²) in [5.41, 5.74) is 0. The van der Waals surface area contributed by atoms with Gasteiger partial charge in [0, 0.05) is 0 Å². The van der Waals surface area contributed by atoms with Gasteiger partial charge >= 0.3 is 35.0 Å². The second-order valence-electron chi connectivity index (χ2n) is 9.43. The van der Waals surface area contributed by atoms with E-state index in [2.05, 4.69) is 85.1 Å². The summed E-state index contributed by atoms with van der Waals surface area (Å²) in [7, 11) is -11.3. The van der Waals surface area contributed by atoms with Gasteiger partial charge in [-0.3, -0.25) is 0 Å². The van der Waals surface area contributed by atoms with E-state index in [1.807, 2.05) is 0 Å². The average Bonchev–Trinajstić information content (AvgIpc) is 2.00. The summed E-state index contributed by atoms with van der Waals surface area (Å²) in [6.07, 6.45) is 0. The second kappa shape index (κ2) is 8.41. The van der Waals surface area contributed by atoms with Gasteiger partial charge in [-0.25, -0.2) is 0 Å². The Kier molecular flexibility index (Phi) is 8.80. The summed E-state index contributed by atoms with van der Waals surface area (Å²) in [6.45, 7) is 27.8. The number of rotatable bonds is 10. The Morgan fingerprint density at radius 2 is 0.833 bits per heavy atom. The molecule has 0 aliphatic carbocycles. The van der Waals surface area contributed by atoms with Gasteiger partial charge in [0.15, 0.2) is 16.6 Å². The van der Waals surface area contributed by atoms with E-state index in [-0.39, 0.29) is 0 Å². The predicted octanol–water partition coefficient (Wildman–Crippen LogP) is 4.96. The van der Waals surface area contributed by atoms with Crippen molar-refractivity contribution in [3.8, 4) is 0 Å². The van der Waals surface area contributed by atoms with Crippen LogP contribution in [0, 0.1) is 0 Å². The predicted molar refractivity (Wildman–Crippen MR) is 116 cm³/mol. The molecule has 0 aromatic heterocycles. The van der Waals surface area contributed by atoms with Gasteiger partial charge in [-0.1, -0.05) is 0 Å². The van der Waals surface area contributed by atoms with Gasteiger partial charge in [0.25, 0.3) is 0 Å². The lowest BCUT2D eigenvalue weighted by molar-refractivity contribution is 0.290. The normalized spacial score (nSPS) is 15.2. The molecule has 24 heavy (non-hydrogen) atoms. The molecule has 0 heterocycles. The average molecular weight is 444 g/mol. The van der Waals surface area contributed by atoms with Crippen LogP contribution in [-0.4, -0.2) is 51.6 Å². The van der Waals surface area contributed by atoms with E-state index >= 15 is 0 Å². The van der Waals surface area contributed by atoms with E-state index in [1.165, 1.54) is 0 Å². The Balaban J connectivity index is 4.82. The third-order valence-electron chi connectivity index (χ3n) is 2.37. The Labute approximate surface area is 157 Å². The van der Waals surface area contributed by atoms with Crippen LogP contribution < -0.4 is 0 Å². The van der Waals surface area contributed by atoms with Gasteiger partial charge in [-0.05, 0) is 85.1 Å². The van der Waals surface area contributed by atoms with Crippen LogP contribution in [0.25, 0.3) is 0 Å². The topological polar surface area (TPSA) is 46.2 Å². The van der Waals surface area contributed by atoms with E-state index in [4.69, 9.17) is 20.6 Å². The first kappa shape index (κ1) is 25.1. The Morgan fingerprint density at radius 3 is 1.21 bits per heavy atom. The molecule has 0 aliphatic rings. The summed E-state index contributed by atoms with van der Waals surface area (Å²) in [5.74, 6) is 0. The van der Waals surface area contributed by atoms with Crippen molar-refractivity contribution in [2.75, 3.05) is 0 Å². The minimum Gasteiger partial charge on any atom is -0.437 e. The first-order valence-electron chi connectivity index (χ1n) is 8.54. The minimum absolute atomic E-state index is 1.30. The third-order valence-corrected chi connectivity index (χ3v) is 21.4. The van der Waals surface area contributed by atoms with Crippen LogP contribution in [0.3, 0.4) is 0 Å². The summed E-state index contributed by atoms with van der Waals surface area (Å²) in [4.78, 5) is 0. The number of hydrogen-bond acceptors (Lipinski definition) is 5. The summed E-state index contributed by atoms with van der Waals surface area (Å²) >= 11 is 0. The van der Waals surface area contributed by atoms with Gasteiger partial charge in [0.2, 0.25) is 0 Å². The van der Waals surface area contributed by atoms with Gasteiger partial charge < -0.3 is 20.6 Å². The molecular weight excluding hydrogens is 405 g/mol. The molecule has 145 valence electrons. The van der Waals surface area contributed by atoms with Crippen molar-refractivity contribution in [2.45, 2.75) is 85.1 Å². The molecule has 0 N–H and O–H groups in total. The lowest BCUT2D eigenvalue weighted by Crippen LogP contribution is -2.57. The molecular formula is C13H39O5Si6. The highest BCUT2D eigenvalue weighted by atomic mass is 28.5. The molecule has 0 unspecified atom stereocenters. The zero-order chi connectivity index (χ0) is 19.6. The molecule has 0 saturated carbocycles. The lowest BCUT2D eigenvalue weighted by atomic mass is 11.8. The lowest BCUT2D eigenvalue weighted by Gasteiger charge is -2.40. The van der Waals surface area contributed by atoms with Crippen molar-refractivity contribution in [1.29, 1.82) is 0 Å². The maximum Gasteiger partial charge on any atom is 0.360 e. The van der Waals surface area contributed by atoms with Crippen molar-refractivity contribution >= 4 is 51.6 Å². The van der Waals surface area contributed by atoms with E-state index in [9.17, 15) is 0 Å². The molecule has 0 amide bonds. The fourth-order valence-corrected chi connectivity index (χ4v) is 26.5. The largest absolute Gasteiger partial charge is 0.437 e. The van der Waals surface area contributed by atoms with Crippen molar-refractivity contribution in [1.82, 2.24) is 0 Å². The van der Waals surface area contributed by atoms with Gasteiger partial charge in [0.05, 0.1) is 0 Å². The van der Waals surface area contributed by atoms with E-state index in [0.29, 0.717) is 0 Å². The molecule has 0 saturated heterocycles. The smallest absolute Gasteiger partial charge is 0.360 e. The van der Waals surface area contributed by atoms with Crippen LogP contribution in [-0.2, 0) is 20.6 Å². The Bertz CT molecular complexity index is 403. The number of hydrogen-bond donors (Lipinski definition) is 0. The Morgan fingerprint density at radius 1 is 0.458 bits per heavy atom. The molecule has 1 radical (unpaired) electrons. The Hall–Kier alpha value is 1.10. The standard InChI is InChI=1S/C13H39O5Si6/c1-19(14-20(2,3)4)15-22(8,9)17-24(12,13)18-23(10,11)16-21(5,6)7/h1-13H3. The molecule has 0 aromatic carbocycles. The van der Waals surface area contributed by atoms with Crippen LogP contribution in [0.15, 0.2) is 0 Å². The molecule has 0 spiro atoms. The van der Waals surface area contributed by atoms with E-state index in [0.717, 1.165) is 0 Å². The molecule has 0 atom stereocenters. The highest BCUT2D eigenvalue weighted by Gasteiger charge is 2.44. The van der Waals surface area contributed by atoms with Crippen LogP contribution >= 0.6 is 0 Å². The third kappa shape index (κ3) is 13.3. The molecule has 11 heteroatoms. The zero-order valence-electron chi connectivity index (χ0n) is 18.0. The monoisotopic (exact) mass is 443 g/mol. The first-order chi connectivity index (χ1) is 10.2. The fraction of sp³-hybridized carbons (Fsp3) is 1.00. The molecule has 0 aliphatic heterocycles. The maximum absolute atomic E-state index is 6.43. The van der Waals surface area contributed by atoms with Crippen LogP contribution in [0.1, 0.15) is 0 Å².